The highest BCUT2D eigenvalue weighted by Crippen LogP contribution is 2.22. The first kappa shape index (κ1) is 11.7. The van der Waals surface area contributed by atoms with Crippen molar-refractivity contribution in [2.45, 2.75) is 46.1 Å². The van der Waals surface area contributed by atoms with Crippen LogP contribution in [0.15, 0.2) is 5.38 Å². The number of rotatable bonds is 4. The largest absolute Gasteiger partial charge is 0.327 e. The molecule has 0 aromatic carbocycles. The molecule has 0 saturated heterocycles. The summed E-state index contributed by atoms with van der Waals surface area (Å²) in [7, 11) is 0. The first-order valence-corrected chi connectivity index (χ1v) is 6.08. The first-order chi connectivity index (χ1) is 6.50. The van der Waals surface area contributed by atoms with Gasteiger partial charge >= 0.3 is 0 Å². The number of thiazole rings is 1. The zero-order valence-electron chi connectivity index (χ0n) is 9.45. The van der Waals surface area contributed by atoms with Gasteiger partial charge in [-0.15, -0.1) is 11.3 Å². The van der Waals surface area contributed by atoms with Crippen molar-refractivity contribution in [3.63, 3.8) is 0 Å². The third-order valence-electron chi connectivity index (χ3n) is 2.41. The molecule has 1 rings (SSSR count). The van der Waals surface area contributed by atoms with Gasteiger partial charge in [-0.1, -0.05) is 20.8 Å². The normalized spacial score (nSPS) is 15.9. The van der Waals surface area contributed by atoms with Gasteiger partial charge in [-0.2, -0.15) is 0 Å². The molecule has 2 unspecified atom stereocenters. The Morgan fingerprint density at radius 3 is 2.50 bits per heavy atom. The lowest BCUT2D eigenvalue weighted by atomic mass is 10.0. The molecule has 2 N–H and O–H groups in total. The summed E-state index contributed by atoms with van der Waals surface area (Å²) in [6.07, 6.45) is 1.08. The van der Waals surface area contributed by atoms with Gasteiger partial charge in [0.25, 0.3) is 0 Å². The molecule has 2 nitrogen and oxygen atoms in total. The zero-order chi connectivity index (χ0) is 10.7. The third-order valence-corrected chi connectivity index (χ3v) is 3.30. The van der Waals surface area contributed by atoms with Gasteiger partial charge in [-0.3, -0.25) is 0 Å². The first-order valence-electron chi connectivity index (χ1n) is 5.20. The molecular weight excluding hydrogens is 192 g/mol. The van der Waals surface area contributed by atoms with Gasteiger partial charge < -0.3 is 5.73 Å². The Labute approximate surface area is 90.6 Å². The number of hydrogen-bond acceptors (Lipinski definition) is 3. The fourth-order valence-corrected chi connectivity index (χ4v) is 2.36. The van der Waals surface area contributed by atoms with E-state index in [1.807, 2.05) is 6.92 Å². The molecule has 1 aromatic rings. The molecule has 0 aliphatic carbocycles. The molecule has 1 aromatic heterocycles. The second-order valence-electron chi connectivity index (χ2n) is 4.41. The fourth-order valence-electron chi connectivity index (χ4n) is 1.25. The minimum absolute atomic E-state index is 0.184. The second-order valence-corrected chi connectivity index (χ2v) is 5.35. The minimum Gasteiger partial charge on any atom is -0.327 e. The summed E-state index contributed by atoms with van der Waals surface area (Å²) in [4.78, 5) is 4.61. The van der Waals surface area contributed by atoms with Crippen molar-refractivity contribution >= 4 is 11.3 Å². The molecule has 0 spiro atoms. The summed E-state index contributed by atoms with van der Waals surface area (Å²) >= 11 is 1.76. The molecular formula is C11H20N2S. The molecule has 1 heterocycles. The molecule has 2 atom stereocenters. The molecule has 0 aliphatic rings. The van der Waals surface area contributed by atoms with Crippen molar-refractivity contribution in [3.05, 3.63) is 16.1 Å². The van der Waals surface area contributed by atoms with E-state index in [-0.39, 0.29) is 6.04 Å². The van der Waals surface area contributed by atoms with E-state index in [4.69, 9.17) is 5.73 Å². The molecule has 14 heavy (non-hydrogen) atoms. The Bertz CT molecular complexity index is 279. The van der Waals surface area contributed by atoms with Crippen LogP contribution in [0.1, 0.15) is 44.3 Å². The Morgan fingerprint density at radius 2 is 2.00 bits per heavy atom. The van der Waals surface area contributed by atoms with Crippen LogP contribution in [0.3, 0.4) is 0 Å². The molecule has 0 amide bonds. The van der Waals surface area contributed by atoms with Crippen molar-refractivity contribution in [3.8, 4) is 0 Å². The van der Waals surface area contributed by atoms with Crippen LogP contribution in [0, 0.1) is 5.92 Å². The van der Waals surface area contributed by atoms with Gasteiger partial charge in [0.1, 0.15) is 0 Å². The summed E-state index contributed by atoms with van der Waals surface area (Å²) in [6, 6.07) is 0.184. The SMILES string of the molecule is CC(C)Cc1nc(C(C)C(C)N)cs1. The molecule has 0 radical (unpaired) electrons. The molecule has 0 fully saturated rings. The van der Waals surface area contributed by atoms with E-state index >= 15 is 0 Å². The summed E-state index contributed by atoms with van der Waals surface area (Å²) in [5.41, 5.74) is 7.00. The van der Waals surface area contributed by atoms with Crippen molar-refractivity contribution < 1.29 is 0 Å². The zero-order valence-corrected chi connectivity index (χ0v) is 10.3. The van der Waals surface area contributed by atoms with E-state index in [0.717, 1.165) is 12.1 Å². The van der Waals surface area contributed by atoms with Crippen LogP contribution in [0.5, 0.6) is 0 Å². The van der Waals surface area contributed by atoms with Gasteiger partial charge in [0.15, 0.2) is 0 Å². The summed E-state index contributed by atoms with van der Waals surface area (Å²) < 4.78 is 0. The van der Waals surface area contributed by atoms with Crippen LogP contribution in [0.4, 0.5) is 0 Å². The van der Waals surface area contributed by atoms with Crippen LogP contribution in [-0.2, 0) is 6.42 Å². The van der Waals surface area contributed by atoms with Crippen molar-refractivity contribution in [2.24, 2.45) is 11.7 Å². The lowest BCUT2D eigenvalue weighted by molar-refractivity contribution is 0.594. The Balaban J connectivity index is 2.67. The molecule has 0 aliphatic heterocycles. The topological polar surface area (TPSA) is 38.9 Å². The highest BCUT2D eigenvalue weighted by molar-refractivity contribution is 7.09. The van der Waals surface area contributed by atoms with Crippen LogP contribution in [0.2, 0.25) is 0 Å². The average molecular weight is 212 g/mol. The average Bonchev–Trinajstić information content (AvgIpc) is 2.50. The number of nitrogens with zero attached hydrogens (tertiary/aromatic N) is 1. The van der Waals surface area contributed by atoms with E-state index in [9.17, 15) is 0 Å². The van der Waals surface area contributed by atoms with Crippen molar-refractivity contribution in [1.82, 2.24) is 4.98 Å². The van der Waals surface area contributed by atoms with Gasteiger partial charge in [-0.25, -0.2) is 4.98 Å². The monoisotopic (exact) mass is 212 g/mol. The van der Waals surface area contributed by atoms with Gasteiger partial charge in [-0.05, 0) is 12.8 Å². The number of aromatic nitrogens is 1. The fraction of sp³-hybridized carbons (Fsp3) is 0.727. The maximum Gasteiger partial charge on any atom is 0.0930 e. The quantitative estimate of drug-likeness (QED) is 0.833. The summed E-state index contributed by atoms with van der Waals surface area (Å²) in [6.45, 7) is 8.61. The lowest BCUT2D eigenvalue weighted by Crippen LogP contribution is -2.22. The van der Waals surface area contributed by atoms with Gasteiger partial charge in [0.2, 0.25) is 0 Å². The Morgan fingerprint density at radius 1 is 1.36 bits per heavy atom. The maximum atomic E-state index is 5.84. The van der Waals surface area contributed by atoms with Crippen LogP contribution < -0.4 is 5.73 Å². The maximum absolute atomic E-state index is 5.84. The third kappa shape index (κ3) is 3.07. The summed E-state index contributed by atoms with van der Waals surface area (Å²) in [5.74, 6) is 1.05. The second kappa shape index (κ2) is 4.89. The van der Waals surface area contributed by atoms with Crippen LogP contribution in [0.25, 0.3) is 0 Å². The molecule has 3 heteroatoms. The smallest absolute Gasteiger partial charge is 0.0930 e. The van der Waals surface area contributed by atoms with E-state index in [0.29, 0.717) is 11.8 Å². The van der Waals surface area contributed by atoms with E-state index in [1.165, 1.54) is 5.01 Å². The highest BCUT2D eigenvalue weighted by Gasteiger charge is 2.14. The highest BCUT2D eigenvalue weighted by atomic mass is 32.1. The molecule has 0 saturated carbocycles. The Hall–Kier alpha value is -0.410. The number of nitrogens with two attached hydrogens (primary N) is 1. The predicted octanol–water partition coefficient (Wildman–Crippen LogP) is 2.79. The standard InChI is InChI=1S/C11H20N2S/c1-7(2)5-11-13-10(6-14-11)8(3)9(4)12/h6-9H,5,12H2,1-4H3. The Kier molecular flexibility index (Phi) is 4.08. The van der Waals surface area contributed by atoms with Crippen LogP contribution in [-0.4, -0.2) is 11.0 Å². The van der Waals surface area contributed by atoms with Gasteiger partial charge in [0.05, 0.1) is 10.7 Å². The van der Waals surface area contributed by atoms with E-state index in [1.54, 1.807) is 11.3 Å². The van der Waals surface area contributed by atoms with Crippen molar-refractivity contribution in [1.29, 1.82) is 0 Å². The predicted molar refractivity (Wildman–Crippen MR) is 62.7 cm³/mol. The van der Waals surface area contributed by atoms with Gasteiger partial charge in [0, 0.05) is 23.8 Å². The van der Waals surface area contributed by atoms with E-state index in [2.05, 4.69) is 31.1 Å². The molecule has 0 bridgehead atoms. The lowest BCUT2D eigenvalue weighted by Gasteiger charge is -2.12. The summed E-state index contributed by atoms with van der Waals surface area (Å²) in [5, 5.41) is 3.38. The van der Waals surface area contributed by atoms with E-state index < -0.39 is 0 Å². The van der Waals surface area contributed by atoms with Crippen LogP contribution >= 0.6 is 11.3 Å². The minimum atomic E-state index is 0.184. The molecule has 80 valence electrons. The number of hydrogen-bond donors (Lipinski definition) is 1. The van der Waals surface area contributed by atoms with Crippen molar-refractivity contribution in [2.75, 3.05) is 0 Å².